The lowest BCUT2D eigenvalue weighted by Crippen LogP contribution is -1.92. The van der Waals surface area contributed by atoms with Gasteiger partial charge in [0, 0.05) is 0 Å². The molecule has 0 aliphatic rings. The summed E-state index contributed by atoms with van der Waals surface area (Å²) in [6.07, 6.45) is 0. The summed E-state index contributed by atoms with van der Waals surface area (Å²) in [4.78, 5) is 0. The van der Waals surface area contributed by atoms with Crippen molar-refractivity contribution in [2.45, 2.75) is 0 Å². The van der Waals surface area contributed by atoms with Crippen LogP contribution in [0.2, 0.25) is 0 Å². The van der Waals surface area contributed by atoms with E-state index in [0.29, 0.717) is 0 Å². The summed E-state index contributed by atoms with van der Waals surface area (Å²) in [5, 5.41) is 25.6. The molecule has 0 N–H and O–H groups in total. The van der Waals surface area contributed by atoms with E-state index in [1.54, 1.807) is 0 Å². The predicted molar refractivity (Wildman–Crippen MR) is 509 cm³/mol. The second-order valence-electron chi connectivity index (χ2n) is 30.7. The van der Waals surface area contributed by atoms with Crippen LogP contribution in [0.25, 0.3) is 219 Å². The molecule has 0 fully saturated rings. The van der Waals surface area contributed by atoms with Crippen molar-refractivity contribution >= 4 is 108 Å². The molecule has 0 heteroatoms. The molecule has 0 saturated carbocycles. The Bertz CT molecular complexity index is 7640. The molecule has 0 heterocycles. The normalized spacial score (nSPS) is 11.4. The van der Waals surface area contributed by atoms with Crippen molar-refractivity contribution < 1.29 is 0 Å². The average molecular weight is 1500 g/mol. The van der Waals surface area contributed by atoms with Gasteiger partial charge in [-0.25, -0.2) is 0 Å². The Balaban J connectivity index is 0.000000112. The van der Waals surface area contributed by atoms with Gasteiger partial charge in [-0.1, -0.05) is 467 Å². The molecule has 0 nitrogen and oxygen atoms in total. The highest BCUT2D eigenvalue weighted by atomic mass is 14.3. The first-order chi connectivity index (χ1) is 58.6. The highest BCUT2D eigenvalue weighted by Crippen LogP contribution is 2.50. The third-order valence-corrected chi connectivity index (χ3v) is 24.0. The fourth-order valence-electron chi connectivity index (χ4n) is 18.5. The summed E-state index contributed by atoms with van der Waals surface area (Å²) in [6.45, 7) is 0. The summed E-state index contributed by atoms with van der Waals surface area (Å²) < 4.78 is 0. The lowest BCUT2D eigenvalue weighted by Gasteiger charge is -2.20. The van der Waals surface area contributed by atoms with Gasteiger partial charge in [0.1, 0.15) is 0 Å². The lowest BCUT2D eigenvalue weighted by atomic mass is 9.83. The van der Waals surface area contributed by atoms with Gasteiger partial charge in [-0.2, -0.15) is 0 Å². The first kappa shape index (κ1) is 70.5. The summed E-state index contributed by atoms with van der Waals surface area (Å²) in [7, 11) is 0. The predicted octanol–water partition coefficient (Wildman–Crippen LogP) is 33.3. The van der Waals surface area contributed by atoms with Gasteiger partial charge in [-0.15, -0.1) is 0 Å². The van der Waals surface area contributed by atoms with E-state index in [4.69, 9.17) is 0 Å². The Kier molecular flexibility index (Phi) is 18.4. The summed E-state index contributed by atoms with van der Waals surface area (Å²) in [5.41, 5.74) is 25.1. The maximum Gasteiger partial charge on any atom is -0.00141 e. The molecule has 0 aliphatic heterocycles. The average Bonchev–Trinajstić information content (AvgIpc) is 0.717. The molecule has 0 amide bonds. The SMILES string of the molecule is c1ccc(-c2c3ccccc3c(-c3ccccc3)c3c2ccc2ccccc23)cc1.c1ccc(-c2ccc(-c3c4ccccc4c(-c4ccc(-c5ccccc5)cc4)c4c3ccc3ccccc34)cc2)cc1.c1ccc2cc(-c3ccc(-c4c5ccccc5c(-c5ccc(-c6cccc7ccccc67)cc5)c5ccccc45)cc3)ccc2c1. The minimum Gasteiger partial charge on any atom is -0.0622 e. The van der Waals surface area contributed by atoms with Crippen LogP contribution in [0.3, 0.4) is 0 Å². The summed E-state index contributed by atoms with van der Waals surface area (Å²) in [5.74, 6) is 0. The van der Waals surface area contributed by atoms with Crippen LogP contribution >= 0.6 is 0 Å². The van der Waals surface area contributed by atoms with E-state index in [2.05, 4.69) is 473 Å². The molecule has 0 aliphatic carbocycles. The third-order valence-electron chi connectivity index (χ3n) is 24.0. The molecule has 0 radical (unpaired) electrons. The third kappa shape index (κ3) is 13.0. The van der Waals surface area contributed by atoms with Crippen LogP contribution in [-0.2, 0) is 0 Å². The molecule has 23 aromatic rings. The van der Waals surface area contributed by atoms with Gasteiger partial charge < -0.3 is 0 Å². The highest BCUT2D eigenvalue weighted by Gasteiger charge is 2.23. The van der Waals surface area contributed by atoms with E-state index in [-0.39, 0.29) is 0 Å². The van der Waals surface area contributed by atoms with Crippen molar-refractivity contribution in [1.82, 2.24) is 0 Å². The van der Waals surface area contributed by atoms with Crippen molar-refractivity contribution in [1.29, 1.82) is 0 Å². The Labute approximate surface area is 687 Å². The van der Waals surface area contributed by atoms with Gasteiger partial charge in [-0.05, 0) is 225 Å². The topological polar surface area (TPSA) is 0 Å². The van der Waals surface area contributed by atoms with Gasteiger partial charge in [0.15, 0.2) is 0 Å². The second-order valence-corrected chi connectivity index (χ2v) is 30.7. The van der Waals surface area contributed by atoms with Crippen molar-refractivity contribution in [3.05, 3.63) is 473 Å². The molecule has 118 heavy (non-hydrogen) atoms. The first-order valence-electron chi connectivity index (χ1n) is 40.9. The molecule has 550 valence electrons. The molecular weight excluding hydrogens is 1420 g/mol. The van der Waals surface area contributed by atoms with E-state index in [9.17, 15) is 0 Å². The molecule has 0 unspecified atom stereocenters. The zero-order valence-electron chi connectivity index (χ0n) is 65.0. The fraction of sp³-hybridized carbons (Fsp3) is 0. The van der Waals surface area contributed by atoms with Crippen molar-refractivity contribution in [3.63, 3.8) is 0 Å². The zero-order valence-corrected chi connectivity index (χ0v) is 65.0. The van der Waals surface area contributed by atoms with Crippen LogP contribution in [0.4, 0.5) is 0 Å². The number of benzene rings is 23. The van der Waals surface area contributed by atoms with Crippen LogP contribution in [0.5, 0.6) is 0 Å². The molecule has 0 aromatic heterocycles. The van der Waals surface area contributed by atoms with E-state index in [1.807, 2.05) is 0 Å². The highest BCUT2D eigenvalue weighted by molar-refractivity contribution is 6.30. The molecule has 0 spiro atoms. The van der Waals surface area contributed by atoms with E-state index in [1.165, 1.54) is 219 Å². The van der Waals surface area contributed by atoms with Crippen molar-refractivity contribution in [2.24, 2.45) is 0 Å². The minimum absolute atomic E-state index is 1.23. The van der Waals surface area contributed by atoms with E-state index in [0.717, 1.165) is 0 Å². The van der Waals surface area contributed by atoms with Crippen LogP contribution in [0, 0.1) is 0 Å². The molecule has 23 aromatic carbocycles. The molecule has 23 rings (SSSR count). The van der Waals surface area contributed by atoms with Crippen LogP contribution in [0.1, 0.15) is 0 Å². The van der Waals surface area contributed by atoms with Gasteiger partial charge in [0.2, 0.25) is 0 Å². The van der Waals surface area contributed by atoms with Gasteiger partial charge in [0.05, 0.1) is 0 Å². The van der Waals surface area contributed by atoms with Gasteiger partial charge in [-0.3, -0.25) is 0 Å². The Morgan fingerprint density at radius 1 is 0.0932 bits per heavy atom. The Hall–Kier alpha value is -15.3. The number of rotatable bonds is 10. The number of hydrogen-bond donors (Lipinski definition) is 0. The summed E-state index contributed by atoms with van der Waals surface area (Å²) >= 11 is 0. The van der Waals surface area contributed by atoms with Gasteiger partial charge >= 0.3 is 0 Å². The van der Waals surface area contributed by atoms with Crippen molar-refractivity contribution in [2.75, 3.05) is 0 Å². The quantitative estimate of drug-likeness (QED) is 0.0946. The minimum atomic E-state index is 1.23. The monoisotopic (exact) mass is 1490 g/mol. The largest absolute Gasteiger partial charge is 0.0622 e. The molecule has 0 atom stereocenters. The summed E-state index contributed by atoms with van der Waals surface area (Å²) in [6, 6.07) is 172. The van der Waals surface area contributed by atoms with Gasteiger partial charge in [0.25, 0.3) is 0 Å². The number of fused-ring (bicyclic) bond motifs is 12. The lowest BCUT2D eigenvalue weighted by molar-refractivity contribution is 1.60. The maximum absolute atomic E-state index is 2.33. The number of hydrogen-bond acceptors (Lipinski definition) is 0. The van der Waals surface area contributed by atoms with Crippen LogP contribution in [0.15, 0.2) is 473 Å². The molecule has 0 saturated heterocycles. The van der Waals surface area contributed by atoms with Crippen molar-refractivity contribution in [3.8, 4) is 111 Å². The fourth-order valence-corrected chi connectivity index (χ4v) is 18.5. The van der Waals surface area contributed by atoms with Crippen LogP contribution < -0.4 is 0 Å². The second kappa shape index (κ2) is 30.9. The maximum atomic E-state index is 2.33. The van der Waals surface area contributed by atoms with Crippen LogP contribution in [-0.4, -0.2) is 0 Å². The van der Waals surface area contributed by atoms with E-state index >= 15 is 0 Å². The standard InChI is InChI=1S/C46H30.C42H28.C30H20/c1-2-12-37-30-38(29-22-31(37)10-1)32-20-25-35(26-21-32)45-41-15-5-7-17-43(41)46(44-18-8-6-16-42(44)45)36-27-23-34(24-28-36)40-19-9-13-33-11-3-4-14-39(33)40;1-3-11-29(12-4-1)31-19-23-34(24-20-31)40-37-17-9-10-18-38(37)41(42-36-16-8-7-15-33(36)27-28-39(40)42)35-25-21-32(22-26-35)30-13-5-2-6-14-30;1-3-12-22(13-4-1)28-25-17-9-10-18-26(25)29(23-14-5-2-6-15-23)30-24-16-8-7-11-21(24)19-20-27(28)30/h1-30H;1-28H;1-20H. The first-order valence-corrected chi connectivity index (χ1v) is 40.9. The smallest absolute Gasteiger partial charge is 0.00141 e. The molecule has 0 bridgehead atoms. The Morgan fingerprint density at radius 3 is 0.703 bits per heavy atom. The molecular formula is C118H78. The Morgan fingerprint density at radius 2 is 0.314 bits per heavy atom. The van der Waals surface area contributed by atoms with E-state index < -0.39 is 0 Å². The zero-order chi connectivity index (χ0) is 78.2.